The molecule has 0 aromatic carbocycles. The van der Waals surface area contributed by atoms with Crippen molar-refractivity contribution < 1.29 is 0 Å². The maximum Gasteiger partial charge on any atom is 0.0259 e. The lowest BCUT2D eigenvalue weighted by molar-refractivity contribution is -0.0364. The van der Waals surface area contributed by atoms with E-state index in [9.17, 15) is 0 Å². The Labute approximate surface area is 386 Å². The molecule has 0 unspecified atom stereocenters. The molecular formula is C55H127N5. The zero-order valence-corrected chi connectivity index (χ0v) is 39.4. The highest BCUT2D eigenvalue weighted by Crippen LogP contribution is 2.15. The van der Waals surface area contributed by atoms with Crippen LogP contribution in [0.25, 0.3) is 0 Å². The SMILES string of the molecule is C.C.C.C.C.CCCCCCCCCN(C)N(CCCCCCCCC)CCCCCCCCC.CCCCCCCCCN(CCCCCCCCC)N1CCNCC1. The summed E-state index contributed by atoms with van der Waals surface area (Å²) in [5, 5.41) is 14.1. The first-order valence-corrected chi connectivity index (χ1v) is 25.8. The summed E-state index contributed by atoms with van der Waals surface area (Å²) in [4.78, 5) is 0. The highest BCUT2D eigenvalue weighted by atomic mass is 15.6. The molecule has 0 spiro atoms. The van der Waals surface area contributed by atoms with E-state index in [1.807, 2.05) is 0 Å². The summed E-state index contributed by atoms with van der Waals surface area (Å²) in [6.45, 7) is 22.6. The Hall–Kier alpha value is -0.200. The summed E-state index contributed by atoms with van der Waals surface area (Å²) < 4.78 is 0. The van der Waals surface area contributed by atoms with Crippen LogP contribution >= 0.6 is 0 Å². The van der Waals surface area contributed by atoms with E-state index in [-0.39, 0.29) is 37.1 Å². The molecule has 1 aliphatic rings. The van der Waals surface area contributed by atoms with Crippen molar-refractivity contribution in [2.75, 3.05) is 66.0 Å². The molecule has 1 N–H and O–H groups in total. The van der Waals surface area contributed by atoms with Crippen LogP contribution in [0.1, 0.15) is 296 Å². The molecule has 0 aromatic rings. The van der Waals surface area contributed by atoms with E-state index in [1.165, 1.54) is 271 Å². The zero-order valence-electron chi connectivity index (χ0n) is 39.4. The van der Waals surface area contributed by atoms with Crippen LogP contribution in [0, 0.1) is 0 Å². The van der Waals surface area contributed by atoms with Crippen molar-refractivity contribution in [1.29, 1.82) is 0 Å². The number of piperazine rings is 1. The molecule has 0 amide bonds. The fraction of sp³-hybridized carbons (Fsp3) is 1.00. The summed E-state index contributed by atoms with van der Waals surface area (Å²) >= 11 is 0. The molecule has 0 aliphatic carbocycles. The van der Waals surface area contributed by atoms with Crippen LogP contribution in [-0.4, -0.2) is 86.0 Å². The third kappa shape index (κ3) is 50.4. The average molecular weight is 859 g/mol. The second-order valence-electron chi connectivity index (χ2n) is 17.6. The zero-order chi connectivity index (χ0) is 40.1. The summed E-state index contributed by atoms with van der Waals surface area (Å²) in [5.74, 6) is 0. The first-order chi connectivity index (χ1) is 27.1. The number of hydrogen-bond donors (Lipinski definition) is 1. The lowest BCUT2D eigenvalue weighted by Gasteiger charge is -2.38. The number of nitrogens with zero attached hydrogens (tertiary/aromatic N) is 4. The van der Waals surface area contributed by atoms with E-state index in [0.29, 0.717) is 0 Å². The van der Waals surface area contributed by atoms with E-state index in [2.05, 4.69) is 67.0 Å². The van der Waals surface area contributed by atoms with Gasteiger partial charge in [-0.2, -0.15) is 0 Å². The molecule has 1 fully saturated rings. The fourth-order valence-corrected chi connectivity index (χ4v) is 8.23. The standard InChI is InChI=1S/C28H60N2.C22H47N3.5CH4/c1-5-8-11-14-17-20-23-26-29(4)30(27-24-21-18-15-12-9-6-2)28-25-22-19-16-13-10-7-3;1-3-5-7-9-11-13-15-19-24(25-21-17-23-18-22-25)20-16-14-12-10-8-6-4-2;;;;;/h5-28H2,1-4H3;23H,3-22H2,1-2H3;5*1H4. The maximum absolute atomic E-state index is 3.49. The van der Waals surface area contributed by atoms with Gasteiger partial charge in [-0.1, -0.05) is 264 Å². The normalized spacial score (nSPS) is 12.6. The summed E-state index contributed by atoms with van der Waals surface area (Å²) in [7, 11) is 2.35. The second-order valence-corrected chi connectivity index (χ2v) is 17.6. The van der Waals surface area contributed by atoms with Gasteiger partial charge in [0.15, 0.2) is 0 Å². The van der Waals surface area contributed by atoms with Gasteiger partial charge in [-0.15, -0.1) is 0 Å². The van der Waals surface area contributed by atoms with E-state index >= 15 is 0 Å². The fourth-order valence-electron chi connectivity index (χ4n) is 8.23. The van der Waals surface area contributed by atoms with Crippen LogP contribution in [0.3, 0.4) is 0 Å². The van der Waals surface area contributed by atoms with Crippen LogP contribution in [-0.2, 0) is 0 Å². The van der Waals surface area contributed by atoms with Gasteiger partial charge >= 0.3 is 0 Å². The molecule has 0 aromatic heterocycles. The highest BCUT2D eigenvalue weighted by Gasteiger charge is 2.17. The molecule has 0 saturated carbocycles. The Balaban J connectivity index is -0.000000227. The number of hydrazine groups is 2. The third-order valence-electron chi connectivity index (χ3n) is 12.1. The van der Waals surface area contributed by atoms with Gasteiger partial charge in [0.1, 0.15) is 0 Å². The second kappa shape index (κ2) is 60.9. The summed E-state index contributed by atoms with van der Waals surface area (Å²) in [6.07, 6.45) is 49.5. The van der Waals surface area contributed by atoms with Crippen LogP contribution in [0.2, 0.25) is 0 Å². The lowest BCUT2D eigenvalue weighted by atomic mass is 10.1. The van der Waals surface area contributed by atoms with Crippen LogP contribution in [0.15, 0.2) is 0 Å². The molecule has 0 radical (unpaired) electrons. The van der Waals surface area contributed by atoms with Gasteiger partial charge in [0, 0.05) is 66.0 Å². The Morgan fingerprint density at radius 3 is 0.833 bits per heavy atom. The van der Waals surface area contributed by atoms with E-state index in [4.69, 9.17) is 0 Å². The van der Waals surface area contributed by atoms with Gasteiger partial charge in [0.05, 0.1) is 0 Å². The largest absolute Gasteiger partial charge is 0.314 e. The monoisotopic (exact) mass is 858 g/mol. The van der Waals surface area contributed by atoms with Gasteiger partial charge in [-0.25, -0.2) is 20.0 Å². The molecular weight excluding hydrogens is 731 g/mol. The Morgan fingerprint density at radius 2 is 0.550 bits per heavy atom. The number of rotatable bonds is 42. The quantitative estimate of drug-likeness (QED) is 0.0487. The maximum atomic E-state index is 3.49. The molecule has 1 rings (SSSR count). The van der Waals surface area contributed by atoms with Crippen LogP contribution in [0.4, 0.5) is 0 Å². The molecule has 5 heteroatoms. The van der Waals surface area contributed by atoms with Gasteiger partial charge in [0.2, 0.25) is 0 Å². The van der Waals surface area contributed by atoms with Gasteiger partial charge in [-0.3, -0.25) is 0 Å². The number of unbranched alkanes of at least 4 members (excludes halogenated alkanes) is 30. The van der Waals surface area contributed by atoms with Crippen molar-refractivity contribution in [3.63, 3.8) is 0 Å². The molecule has 0 bridgehead atoms. The minimum atomic E-state index is 0. The average Bonchev–Trinajstić information content (AvgIpc) is 3.21. The summed E-state index contributed by atoms with van der Waals surface area (Å²) in [5.41, 5.74) is 0. The first-order valence-electron chi connectivity index (χ1n) is 25.8. The Bertz CT molecular complexity index is 648. The molecule has 60 heavy (non-hydrogen) atoms. The van der Waals surface area contributed by atoms with Crippen molar-refractivity contribution in [3.8, 4) is 0 Å². The van der Waals surface area contributed by atoms with Crippen molar-refractivity contribution in [3.05, 3.63) is 0 Å². The van der Waals surface area contributed by atoms with Crippen molar-refractivity contribution in [2.24, 2.45) is 0 Å². The van der Waals surface area contributed by atoms with Crippen molar-refractivity contribution in [2.45, 2.75) is 296 Å². The Morgan fingerprint density at radius 1 is 0.317 bits per heavy atom. The number of nitrogens with one attached hydrogen (secondary N) is 1. The van der Waals surface area contributed by atoms with Crippen molar-refractivity contribution >= 4 is 0 Å². The van der Waals surface area contributed by atoms with Gasteiger partial charge in [-0.05, 0) is 32.1 Å². The van der Waals surface area contributed by atoms with E-state index in [1.54, 1.807) is 0 Å². The number of hydrogen-bond acceptors (Lipinski definition) is 5. The predicted molar refractivity (Wildman–Crippen MR) is 284 cm³/mol. The van der Waals surface area contributed by atoms with Crippen LogP contribution in [0.5, 0.6) is 0 Å². The Kier molecular flexibility index (Phi) is 72.5. The molecule has 1 aliphatic heterocycles. The van der Waals surface area contributed by atoms with Gasteiger partial charge < -0.3 is 5.32 Å². The van der Waals surface area contributed by atoms with Gasteiger partial charge in [0.25, 0.3) is 0 Å². The first kappa shape index (κ1) is 71.4. The van der Waals surface area contributed by atoms with E-state index in [0.717, 1.165) is 13.1 Å². The molecule has 1 saturated heterocycles. The van der Waals surface area contributed by atoms with E-state index < -0.39 is 0 Å². The minimum absolute atomic E-state index is 0. The summed E-state index contributed by atoms with van der Waals surface area (Å²) in [6, 6.07) is 0. The topological polar surface area (TPSA) is 25.0 Å². The molecule has 1 heterocycles. The lowest BCUT2D eigenvalue weighted by Crippen LogP contribution is -2.52. The van der Waals surface area contributed by atoms with Crippen LogP contribution < -0.4 is 5.32 Å². The smallest absolute Gasteiger partial charge is 0.0259 e. The van der Waals surface area contributed by atoms with Crippen molar-refractivity contribution in [1.82, 2.24) is 25.4 Å². The predicted octanol–water partition coefficient (Wildman–Crippen LogP) is 18.2. The minimum Gasteiger partial charge on any atom is -0.314 e. The third-order valence-corrected chi connectivity index (χ3v) is 12.1. The molecule has 5 nitrogen and oxygen atoms in total. The molecule has 372 valence electrons. The highest BCUT2D eigenvalue weighted by molar-refractivity contribution is 4.68. The molecule has 0 atom stereocenters.